The van der Waals surface area contributed by atoms with Gasteiger partial charge in [0.2, 0.25) is 0 Å². The number of hydrogen-bond acceptors (Lipinski definition) is 4. The first-order valence-corrected chi connectivity index (χ1v) is 7.25. The predicted octanol–water partition coefficient (Wildman–Crippen LogP) is 2.75. The Morgan fingerprint density at radius 2 is 2.00 bits per heavy atom. The predicted molar refractivity (Wildman–Crippen MR) is 85.3 cm³/mol. The molecule has 0 aromatic carbocycles. The van der Waals surface area contributed by atoms with Crippen LogP contribution in [0.15, 0.2) is 12.1 Å². The van der Waals surface area contributed by atoms with E-state index in [1.54, 1.807) is 7.11 Å². The highest BCUT2D eigenvalue weighted by Gasteiger charge is 2.11. The molecule has 0 aliphatic heterocycles. The van der Waals surface area contributed by atoms with E-state index in [0.29, 0.717) is 0 Å². The summed E-state index contributed by atoms with van der Waals surface area (Å²) in [5.74, 6) is 1.03. The van der Waals surface area contributed by atoms with Crippen LogP contribution in [-0.2, 0) is 11.3 Å². The largest absolute Gasteiger partial charge is 0.385 e. The Labute approximate surface area is 123 Å². The highest BCUT2D eigenvalue weighted by atomic mass is 16.5. The van der Waals surface area contributed by atoms with Crippen LogP contribution < -0.4 is 10.2 Å². The van der Waals surface area contributed by atoms with Crippen molar-refractivity contribution in [3.8, 4) is 0 Å². The Balaban J connectivity index is 2.62. The van der Waals surface area contributed by atoms with E-state index in [0.717, 1.165) is 37.6 Å². The van der Waals surface area contributed by atoms with Crippen LogP contribution in [-0.4, -0.2) is 37.8 Å². The number of aryl methyl sites for hydroxylation is 1. The van der Waals surface area contributed by atoms with E-state index in [4.69, 9.17) is 9.72 Å². The van der Waals surface area contributed by atoms with Crippen LogP contribution >= 0.6 is 0 Å². The number of pyridine rings is 1. The van der Waals surface area contributed by atoms with E-state index >= 15 is 0 Å². The number of nitrogens with one attached hydrogen (secondary N) is 1. The SMILES string of the molecule is COCCCN(C)c1ccc(CNC(C)(C)C)c(C)n1. The van der Waals surface area contributed by atoms with Gasteiger partial charge in [-0.3, -0.25) is 0 Å². The van der Waals surface area contributed by atoms with Gasteiger partial charge in [0.25, 0.3) is 0 Å². The van der Waals surface area contributed by atoms with Crippen molar-refractivity contribution in [1.29, 1.82) is 0 Å². The summed E-state index contributed by atoms with van der Waals surface area (Å²) >= 11 is 0. The Kier molecular flexibility index (Phi) is 6.43. The summed E-state index contributed by atoms with van der Waals surface area (Å²) in [6, 6.07) is 4.27. The van der Waals surface area contributed by atoms with E-state index < -0.39 is 0 Å². The summed E-state index contributed by atoms with van der Waals surface area (Å²) in [6.45, 7) is 11.2. The molecule has 0 unspecified atom stereocenters. The van der Waals surface area contributed by atoms with Gasteiger partial charge in [0.1, 0.15) is 5.82 Å². The first-order chi connectivity index (χ1) is 9.33. The zero-order valence-electron chi connectivity index (χ0n) is 13.8. The van der Waals surface area contributed by atoms with Gasteiger partial charge in [-0.15, -0.1) is 0 Å². The first kappa shape index (κ1) is 16.9. The summed E-state index contributed by atoms with van der Waals surface area (Å²) in [5, 5.41) is 3.50. The van der Waals surface area contributed by atoms with E-state index in [-0.39, 0.29) is 5.54 Å². The quantitative estimate of drug-likeness (QED) is 0.779. The van der Waals surface area contributed by atoms with Crippen LogP contribution in [0, 0.1) is 6.92 Å². The lowest BCUT2D eigenvalue weighted by Crippen LogP contribution is -2.35. The van der Waals surface area contributed by atoms with E-state index in [9.17, 15) is 0 Å². The van der Waals surface area contributed by atoms with Crippen molar-refractivity contribution in [2.24, 2.45) is 0 Å². The first-order valence-electron chi connectivity index (χ1n) is 7.25. The number of ether oxygens (including phenoxy) is 1. The van der Waals surface area contributed by atoms with E-state index in [2.05, 4.69) is 57.1 Å². The average molecular weight is 279 g/mol. The van der Waals surface area contributed by atoms with Crippen LogP contribution in [0.4, 0.5) is 5.82 Å². The summed E-state index contributed by atoms with van der Waals surface area (Å²) in [5.41, 5.74) is 2.48. The molecule has 0 fully saturated rings. The van der Waals surface area contributed by atoms with Gasteiger partial charge in [-0.25, -0.2) is 4.98 Å². The molecule has 20 heavy (non-hydrogen) atoms. The second kappa shape index (κ2) is 7.60. The van der Waals surface area contributed by atoms with Crippen LogP contribution in [0.5, 0.6) is 0 Å². The summed E-state index contributed by atoms with van der Waals surface area (Å²) in [6.07, 6.45) is 1.01. The van der Waals surface area contributed by atoms with Gasteiger partial charge >= 0.3 is 0 Å². The highest BCUT2D eigenvalue weighted by Crippen LogP contribution is 2.15. The van der Waals surface area contributed by atoms with Crippen molar-refractivity contribution in [2.45, 2.75) is 46.2 Å². The van der Waals surface area contributed by atoms with Crippen LogP contribution in [0.3, 0.4) is 0 Å². The molecule has 0 radical (unpaired) electrons. The van der Waals surface area contributed by atoms with Crippen molar-refractivity contribution < 1.29 is 4.74 Å². The van der Waals surface area contributed by atoms with Gasteiger partial charge in [-0.1, -0.05) is 6.07 Å². The minimum absolute atomic E-state index is 0.127. The maximum atomic E-state index is 5.08. The normalized spacial score (nSPS) is 11.7. The van der Waals surface area contributed by atoms with Gasteiger partial charge < -0.3 is 15.0 Å². The van der Waals surface area contributed by atoms with Crippen molar-refractivity contribution in [1.82, 2.24) is 10.3 Å². The van der Waals surface area contributed by atoms with Crippen molar-refractivity contribution in [3.05, 3.63) is 23.4 Å². The minimum Gasteiger partial charge on any atom is -0.385 e. The third-order valence-corrected chi connectivity index (χ3v) is 3.22. The maximum Gasteiger partial charge on any atom is 0.128 e. The van der Waals surface area contributed by atoms with Gasteiger partial charge in [0, 0.05) is 45.1 Å². The van der Waals surface area contributed by atoms with Gasteiger partial charge in [-0.2, -0.15) is 0 Å². The van der Waals surface area contributed by atoms with Crippen molar-refractivity contribution >= 4 is 5.82 Å². The highest BCUT2D eigenvalue weighted by molar-refractivity contribution is 5.40. The lowest BCUT2D eigenvalue weighted by molar-refractivity contribution is 0.196. The molecular weight excluding hydrogens is 250 g/mol. The molecule has 1 aromatic rings. The zero-order chi connectivity index (χ0) is 15.2. The molecule has 0 bridgehead atoms. The fourth-order valence-electron chi connectivity index (χ4n) is 1.90. The number of nitrogens with zero attached hydrogens (tertiary/aromatic N) is 2. The molecule has 1 heterocycles. The Morgan fingerprint density at radius 3 is 2.55 bits per heavy atom. The fourth-order valence-corrected chi connectivity index (χ4v) is 1.90. The molecule has 1 rings (SSSR count). The molecule has 4 nitrogen and oxygen atoms in total. The molecule has 0 saturated heterocycles. The third kappa shape index (κ3) is 5.88. The number of rotatable bonds is 7. The zero-order valence-corrected chi connectivity index (χ0v) is 13.8. The van der Waals surface area contributed by atoms with E-state index in [1.807, 2.05) is 0 Å². The Morgan fingerprint density at radius 1 is 1.30 bits per heavy atom. The topological polar surface area (TPSA) is 37.4 Å². The number of methoxy groups -OCH3 is 1. The molecule has 0 saturated carbocycles. The molecule has 0 amide bonds. The van der Waals surface area contributed by atoms with Crippen molar-refractivity contribution in [2.75, 3.05) is 32.2 Å². The Bertz CT molecular complexity index is 413. The van der Waals surface area contributed by atoms with Gasteiger partial charge in [0.15, 0.2) is 0 Å². The monoisotopic (exact) mass is 279 g/mol. The van der Waals surface area contributed by atoms with Crippen LogP contribution in [0.1, 0.15) is 38.4 Å². The van der Waals surface area contributed by atoms with Crippen LogP contribution in [0.25, 0.3) is 0 Å². The molecular formula is C16H29N3O. The molecule has 0 atom stereocenters. The minimum atomic E-state index is 0.127. The second-order valence-corrected chi connectivity index (χ2v) is 6.29. The van der Waals surface area contributed by atoms with Crippen LogP contribution in [0.2, 0.25) is 0 Å². The average Bonchev–Trinajstić information content (AvgIpc) is 2.36. The fraction of sp³-hybridized carbons (Fsp3) is 0.688. The number of anilines is 1. The number of hydrogen-bond donors (Lipinski definition) is 1. The summed E-state index contributed by atoms with van der Waals surface area (Å²) in [4.78, 5) is 6.87. The standard InChI is InChI=1S/C16H29N3O/c1-13-14(12-17-16(2,3)4)8-9-15(18-13)19(5)10-7-11-20-6/h8-9,17H,7,10-12H2,1-6H3. The van der Waals surface area contributed by atoms with Gasteiger partial charge in [0.05, 0.1) is 0 Å². The molecule has 114 valence electrons. The van der Waals surface area contributed by atoms with E-state index in [1.165, 1.54) is 5.56 Å². The van der Waals surface area contributed by atoms with Gasteiger partial charge in [-0.05, 0) is 45.7 Å². The van der Waals surface area contributed by atoms with Crippen molar-refractivity contribution in [3.63, 3.8) is 0 Å². The molecule has 1 aromatic heterocycles. The second-order valence-electron chi connectivity index (χ2n) is 6.29. The lowest BCUT2D eigenvalue weighted by atomic mass is 10.1. The summed E-state index contributed by atoms with van der Waals surface area (Å²) < 4.78 is 5.08. The number of aromatic nitrogens is 1. The maximum absolute atomic E-state index is 5.08. The molecule has 1 N–H and O–H groups in total. The smallest absolute Gasteiger partial charge is 0.128 e. The molecule has 4 heteroatoms. The molecule has 0 spiro atoms. The Hall–Kier alpha value is -1.13. The lowest BCUT2D eigenvalue weighted by Gasteiger charge is -2.22. The third-order valence-electron chi connectivity index (χ3n) is 3.22. The summed E-state index contributed by atoms with van der Waals surface area (Å²) in [7, 11) is 3.81. The molecule has 0 aliphatic rings. The molecule has 0 aliphatic carbocycles.